The van der Waals surface area contributed by atoms with Gasteiger partial charge < -0.3 is 14.2 Å². The van der Waals surface area contributed by atoms with Gasteiger partial charge in [0, 0.05) is 18.2 Å². The number of carbonyl (C=O) groups excluding carboxylic acids is 1. The fourth-order valence-corrected chi connectivity index (χ4v) is 1.86. The van der Waals surface area contributed by atoms with E-state index >= 15 is 0 Å². The molecule has 1 aromatic rings. The summed E-state index contributed by atoms with van der Waals surface area (Å²) in [5.74, 6) is -0.680. The standard InChI is InChI=1S/C11H14N4O4S/c1-3-18-10(16)9(14-15-12)6-8-7-13-11(20-8)19-5-4-17-2/h6-7H,3-5H2,1-2H3/b9-6-. The molecule has 0 spiro atoms. The molecule has 108 valence electrons. The van der Waals surface area contributed by atoms with Gasteiger partial charge in [0.15, 0.2) is 0 Å². The van der Waals surface area contributed by atoms with Gasteiger partial charge in [-0.3, -0.25) is 0 Å². The molecule has 8 nitrogen and oxygen atoms in total. The lowest BCUT2D eigenvalue weighted by Crippen LogP contribution is -2.05. The van der Waals surface area contributed by atoms with Gasteiger partial charge in [-0.15, -0.1) is 0 Å². The van der Waals surface area contributed by atoms with Gasteiger partial charge in [-0.25, -0.2) is 9.78 Å². The minimum absolute atomic E-state index is 0.124. The number of rotatable bonds is 8. The lowest BCUT2D eigenvalue weighted by Gasteiger charge is -2.00. The normalized spacial score (nSPS) is 10.8. The first-order valence-electron chi connectivity index (χ1n) is 5.72. The Morgan fingerprint density at radius 3 is 3.05 bits per heavy atom. The van der Waals surface area contributed by atoms with Crippen molar-refractivity contribution in [2.75, 3.05) is 26.9 Å². The fraction of sp³-hybridized carbons (Fsp3) is 0.455. The summed E-state index contributed by atoms with van der Waals surface area (Å²) in [6, 6.07) is 0. The van der Waals surface area contributed by atoms with Gasteiger partial charge in [0.25, 0.3) is 5.19 Å². The molecule has 0 aliphatic carbocycles. The largest absolute Gasteiger partial charge is 0.468 e. The van der Waals surface area contributed by atoms with Crippen molar-refractivity contribution in [2.45, 2.75) is 6.92 Å². The van der Waals surface area contributed by atoms with Crippen LogP contribution in [0.2, 0.25) is 0 Å². The molecule has 1 heterocycles. The van der Waals surface area contributed by atoms with E-state index in [2.05, 4.69) is 15.0 Å². The number of ether oxygens (including phenoxy) is 3. The molecule has 0 saturated heterocycles. The van der Waals surface area contributed by atoms with Crippen molar-refractivity contribution in [1.29, 1.82) is 0 Å². The second-order valence-corrected chi connectivity index (χ2v) is 4.33. The summed E-state index contributed by atoms with van der Waals surface area (Å²) < 4.78 is 14.9. The molecule has 1 rings (SSSR count). The third-order valence-corrected chi connectivity index (χ3v) is 2.79. The van der Waals surface area contributed by atoms with Crippen molar-refractivity contribution in [3.8, 4) is 5.19 Å². The van der Waals surface area contributed by atoms with Crippen LogP contribution in [0.4, 0.5) is 0 Å². The predicted octanol–water partition coefficient (Wildman–Crippen LogP) is 2.38. The molecule has 0 atom stereocenters. The number of aromatic nitrogens is 1. The molecule has 9 heteroatoms. The molecule has 20 heavy (non-hydrogen) atoms. The Balaban J connectivity index is 2.78. The molecule has 0 aromatic carbocycles. The van der Waals surface area contributed by atoms with E-state index in [1.54, 1.807) is 14.0 Å². The van der Waals surface area contributed by atoms with E-state index < -0.39 is 5.97 Å². The highest BCUT2D eigenvalue weighted by Crippen LogP contribution is 2.23. The van der Waals surface area contributed by atoms with Crippen LogP contribution in [0.25, 0.3) is 16.5 Å². The quantitative estimate of drug-likeness (QED) is 0.183. The average Bonchev–Trinajstić information content (AvgIpc) is 2.86. The first-order valence-corrected chi connectivity index (χ1v) is 6.54. The number of esters is 1. The van der Waals surface area contributed by atoms with Gasteiger partial charge in [-0.2, -0.15) is 0 Å². The van der Waals surface area contributed by atoms with E-state index in [-0.39, 0.29) is 12.3 Å². The topological polar surface area (TPSA) is 106 Å². The van der Waals surface area contributed by atoms with E-state index in [1.807, 2.05) is 0 Å². The lowest BCUT2D eigenvalue weighted by molar-refractivity contribution is -0.138. The van der Waals surface area contributed by atoms with E-state index in [9.17, 15) is 4.79 Å². The summed E-state index contributed by atoms with van der Waals surface area (Å²) in [6.45, 7) is 2.71. The predicted molar refractivity (Wildman–Crippen MR) is 73.2 cm³/mol. The van der Waals surface area contributed by atoms with Crippen LogP contribution in [0.3, 0.4) is 0 Å². The Morgan fingerprint density at radius 1 is 1.60 bits per heavy atom. The van der Waals surface area contributed by atoms with Crippen molar-refractivity contribution in [3.63, 3.8) is 0 Å². The third-order valence-electron chi connectivity index (χ3n) is 1.93. The second kappa shape index (κ2) is 8.92. The monoisotopic (exact) mass is 298 g/mol. The number of thiazole rings is 1. The molecule has 0 amide bonds. The summed E-state index contributed by atoms with van der Waals surface area (Å²) in [4.78, 5) is 18.8. The second-order valence-electron chi connectivity index (χ2n) is 3.31. The molecule has 0 saturated carbocycles. The molecule has 0 aliphatic heterocycles. The van der Waals surface area contributed by atoms with Crippen LogP contribution in [-0.2, 0) is 14.3 Å². The highest BCUT2D eigenvalue weighted by atomic mass is 32.1. The highest BCUT2D eigenvalue weighted by molar-refractivity contribution is 7.14. The molecule has 0 bridgehead atoms. The zero-order valence-corrected chi connectivity index (χ0v) is 11.9. The van der Waals surface area contributed by atoms with Gasteiger partial charge in [-0.1, -0.05) is 16.5 Å². The van der Waals surface area contributed by atoms with Crippen LogP contribution in [-0.4, -0.2) is 37.9 Å². The molecule has 0 aliphatic rings. The molecular weight excluding hydrogens is 284 g/mol. The zero-order chi connectivity index (χ0) is 14.8. The third kappa shape index (κ3) is 5.27. The summed E-state index contributed by atoms with van der Waals surface area (Å²) in [7, 11) is 1.57. The molecular formula is C11H14N4O4S. The number of azide groups is 1. The maximum Gasteiger partial charge on any atom is 0.340 e. The first kappa shape index (κ1) is 16.0. The van der Waals surface area contributed by atoms with Crippen LogP contribution in [0, 0.1) is 0 Å². The van der Waals surface area contributed by atoms with E-state index in [0.29, 0.717) is 23.3 Å². The van der Waals surface area contributed by atoms with E-state index in [1.165, 1.54) is 23.6 Å². The highest BCUT2D eigenvalue weighted by Gasteiger charge is 2.10. The van der Waals surface area contributed by atoms with Crippen molar-refractivity contribution in [3.05, 3.63) is 27.2 Å². The van der Waals surface area contributed by atoms with E-state index in [4.69, 9.17) is 19.7 Å². The molecule has 1 aromatic heterocycles. The Kier molecular flexibility index (Phi) is 7.12. The molecule has 0 fully saturated rings. The Hall–Kier alpha value is -2.09. The minimum Gasteiger partial charge on any atom is -0.468 e. The molecule has 0 unspecified atom stereocenters. The summed E-state index contributed by atoms with van der Waals surface area (Å²) in [5, 5.41) is 3.75. The van der Waals surface area contributed by atoms with Crippen LogP contribution in [0.15, 0.2) is 17.0 Å². The van der Waals surface area contributed by atoms with Gasteiger partial charge >= 0.3 is 5.97 Å². The average molecular weight is 298 g/mol. The minimum atomic E-state index is -0.680. The Labute approximate surface area is 119 Å². The van der Waals surface area contributed by atoms with Gasteiger partial charge in [0.1, 0.15) is 12.3 Å². The zero-order valence-electron chi connectivity index (χ0n) is 11.1. The first-order chi connectivity index (χ1) is 9.71. The lowest BCUT2D eigenvalue weighted by atomic mass is 10.4. The number of hydrogen-bond donors (Lipinski definition) is 0. The number of carbonyl (C=O) groups is 1. The molecule has 0 N–H and O–H groups in total. The van der Waals surface area contributed by atoms with Crippen molar-refractivity contribution in [1.82, 2.24) is 4.98 Å². The van der Waals surface area contributed by atoms with Crippen LogP contribution in [0.1, 0.15) is 11.8 Å². The fourth-order valence-electron chi connectivity index (χ4n) is 1.13. The van der Waals surface area contributed by atoms with Crippen molar-refractivity contribution in [2.24, 2.45) is 5.11 Å². The van der Waals surface area contributed by atoms with Gasteiger partial charge in [-0.05, 0) is 18.5 Å². The van der Waals surface area contributed by atoms with E-state index in [0.717, 1.165) is 0 Å². The van der Waals surface area contributed by atoms with Crippen LogP contribution >= 0.6 is 11.3 Å². The maximum absolute atomic E-state index is 11.5. The number of nitrogens with zero attached hydrogens (tertiary/aromatic N) is 4. The van der Waals surface area contributed by atoms with Crippen LogP contribution < -0.4 is 4.74 Å². The number of methoxy groups -OCH3 is 1. The Bertz CT molecular complexity index is 522. The number of hydrogen-bond acceptors (Lipinski definition) is 7. The van der Waals surface area contributed by atoms with Crippen LogP contribution in [0.5, 0.6) is 5.19 Å². The summed E-state index contributed by atoms with van der Waals surface area (Å²) >= 11 is 1.22. The summed E-state index contributed by atoms with van der Waals surface area (Å²) in [6.07, 6.45) is 2.91. The van der Waals surface area contributed by atoms with Gasteiger partial charge in [0.05, 0.1) is 18.1 Å². The Morgan fingerprint density at radius 2 is 2.40 bits per heavy atom. The smallest absolute Gasteiger partial charge is 0.340 e. The summed E-state index contributed by atoms with van der Waals surface area (Å²) in [5.41, 5.74) is 8.32. The van der Waals surface area contributed by atoms with Gasteiger partial charge in [0.2, 0.25) is 0 Å². The maximum atomic E-state index is 11.5. The van der Waals surface area contributed by atoms with Crippen molar-refractivity contribution >= 4 is 23.4 Å². The molecule has 0 radical (unpaired) electrons. The SMILES string of the molecule is CCOC(=O)/C(=C/c1cnc(OCCOC)s1)N=[N+]=[N-]. The van der Waals surface area contributed by atoms with Crippen molar-refractivity contribution < 1.29 is 19.0 Å².